The molecule has 2 amide bonds. The van der Waals surface area contributed by atoms with Crippen molar-refractivity contribution in [2.24, 2.45) is 23.7 Å². The number of amides is 2. The van der Waals surface area contributed by atoms with Gasteiger partial charge in [-0.1, -0.05) is 13.8 Å². The van der Waals surface area contributed by atoms with Crippen LogP contribution in [0.2, 0.25) is 0 Å². The molecule has 1 aliphatic heterocycles. The Labute approximate surface area is 160 Å². The van der Waals surface area contributed by atoms with Crippen LogP contribution < -0.4 is 0 Å². The number of piperidine rings is 1. The second-order valence-corrected chi connectivity index (χ2v) is 8.06. The van der Waals surface area contributed by atoms with Gasteiger partial charge in [0.05, 0.1) is 19.1 Å². The number of nitrogens with zero attached hydrogens (tertiary/aromatic N) is 1. The van der Waals surface area contributed by atoms with Crippen molar-refractivity contribution in [3.05, 3.63) is 0 Å². The van der Waals surface area contributed by atoms with Crippen molar-refractivity contribution in [1.82, 2.24) is 4.90 Å². The summed E-state index contributed by atoms with van der Waals surface area (Å²) in [5.41, 5.74) is 0. The topological polar surface area (TPSA) is 101 Å². The molecular formula is C20H31NO6. The molecule has 1 aliphatic carbocycles. The Balaban J connectivity index is 1.89. The number of carbonyl (C=O) groups excluding carboxylic acids is 4. The van der Waals surface area contributed by atoms with Crippen LogP contribution in [0.25, 0.3) is 0 Å². The number of aliphatic hydroxyl groups is 1. The monoisotopic (exact) mass is 381 g/mol. The predicted molar refractivity (Wildman–Crippen MR) is 97.4 cm³/mol. The van der Waals surface area contributed by atoms with Gasteiger partial charge in [0.2, 0.25) is 11.8 Å². The summed E-state index contributed by atoms with van der Waals surface area (Å²) in [5, 5.41) is 10.6. The summed E-state index contributed by atoms with van der Waals surface area (Å²) in [6, 6.07) is 0. The summed E-state index contributed by atoms with van der Waals surface area (Å²) in [6.45, 7) is 5.97. The van der Waals surface area contributed by atoms with Crippen LogP contribution in [0.15, 0.2) is 0 Å². The third-order valence-electron chi connectivity index (χ3n) is 5.68. The molecule has 0 aromatic rings. The van der Waals surface area contributed by atoms with Gasteiger partial charge < -0.3 is 9.84 Å². The van der Waals surface area contributed by atoms with Crippen molar-refractivity contribution in [3.63, 3.8) is 0 Å². The van der Waals surface area contributed by atoms with E-state index in [0.717, 1.165) is 11.3 Å². The maximum absolute atomic E-state index is 12.4. The molecule has 2 unspecified atom stereocenters. The van der Waals surface area contributed by atoms with E-state index in [1.165, 1.54) is 0 Å². The van der Waals surface area contributed by atoms with Crippen LogP contribution in [0.1, 0.15) is 59.3 Å². The first-order chi connectivity index (χ1) is 12.7. The Kier molecular flexibility index (Phi) is 7.53. The van der Waals surface area contributed by atoms with E-state index >= 15 is 0 Å². The van der Waals surface area contributed by atoms with Gasteiger partial charge in [-0.25, -0.2) is 0 Å². The smallest absolute Gasteiger partial charge is 0.307 e. The van der Waals surface area contributed by atoms with E-state index in [0.29, 0.717) is 12.3 Å². The lowest BCUT2D eigenvalue weighted by molar-refractivity contribution is -0.152. The van der Waals surface area contributed by atoms with Gasteiger partial charge in [-0.05, 0) is 38.0 Å². The highest BCUT2D eigenvalue weighted by Gasteiger charge is 2.39. The summed E-state index contributed by atoms with van der Waals surface area (Å²) in [4.78, 5) is 49.6. The van der Waals surface area contributed by atoms with Crippen molar-refractivity contribution >= 4 is 23.6 Å². The molecule has 1 heterocycles. The van der Waals surface area contributed by atoms with Gasteiger partial charge in [0.1, 0.15) is 5.78 Å². The number of hydrogen-bond acceptors (Lipinski definition) is 6. The average Bonchev–Trinajstić information content (AvgIpc) is 2.57. The third-order valence-corrected chi connectivity index (χ3v) is 5.68. The van der Waals surface area contributed by atoms with E-state index < -0.39 is 18.0 Å². The lowest BCUT2D eigenvalue weighted by atomic mass is 9.71. The molecule has 7 nitrogen and oxygen atoms in total. The first kappa shape index (κ1) is 21.5. The highest BCUT2D eigenvalue weighted by atomic mass is 16.5. The summed E-state index contributed by atoms with van der Waals surface area (Å²) < 4.78 is 4.82. The lowest BCUT2D eigenvalue weighted by Gasteiger charge is -2.35. The molecule has 152 valence electrons. The second-order valence-electron chi connectivity index (χ2n) is 8.06. The maximum atomic E-state index is 12.4. The number of ether oxygens (including phenoxy) is 1. The zero-order chi connectivity index (χ0) is 20.1. The first-order valence-electron chi connectivity index (χ1n) is 9.93. The normalized spacial score (nSPS) is 28.4. The molecule has 2 aliphatic rings. The Morgan fingerprint density at radius 3 is 2.41 bits per heavy atom. The van der Waals surface area contributed by atoms with Gasteiger partial charge in [-0.3, -0.25) is 24.1 Å². The molecule has 1 saturated heterocycles. The third kappa shape index (κ3) is 5.61. The van der Waals surface area contributed by atoms with E-state index in [9.17, 15) is 24.3 Å². The Morgan fingerprint density at radius 2 is 1.81 bits per heavy atom. The molecule has 4 atom stereocenters. The SMILES string of the molecule is CCOC(=O)CCN1C(=O)CC(CC(O)C2C[C@@H](C)C[C@H](C)C2=O)CC1=O. The van der Waals surface area contributed by atoms with Crippen molar-refractivity contribution in [2.75, 3.05) is 13.2 Å². The summed E-state index contributed by atoms with van der Waals surface area (Å²) in [5.74, 6) is -1.35. The minimum absolute atomic E-state index is 0.00896. The number of ketones is 1. The predicted octanol–water partition coefficient (Wildman–Crippen LogP) is 1.71. The van der Waals surface area contributed by atoms with Gasteiger partial charge in [0.15, 0.2) is 0 Å². The van der Waals surface area contributed by atoms with Crippen molar-refractivity contribution in [3.8, 4) is 0 Å². The molecule has 1 N–H and O–H groups in total. The van der Waals surface area contributed by atoms with Crippen LogP contribution in [0.4, 0.5) is 0 Å². The van der Waals surface area contributed by atoms with E-state index in [1.807, 2.05) is 6.92 Å². The molecule has 2 rings (SSSR count). The summed E-state index contributed by atoms with van der Waals surface area (Å²) >= 11 is 0. The van der Waals surface area contributed by atoms with E-state index in [1.54, 1.807) is 6.92 Å². The van der Waals surface area contributed by atoms with Gasteiger partial charge in [0.25, 0.3) is 0 Å². The fourth-order valence-corrected chi connectivity index (χ4v) is 4.36. The largest absolute Gasteiger partial charge is 0.466 e. The molecule has 27 heavy (non-hydrogen) atoms. The Morgan fingerprint density at radius 1 is 1.19 bits per heavy atom. The molecule has 0 aromatic heterocycles. The number of aliphatic hydroxyl groups excluding tert-OH is 1. The minimum atomic E-state index is -0.820. The van der Waals surface area contributed by atoms with Gasteiger partial charge in [0, 0.05) is 31.2 Å². The van der Waals surface area contributed by atoms with Crippen LogP contribution in [0.3, 0.4) is 0 Å². The van der Waals surface area contributed by atoms with Crippen LogP contribution in [0, 0.1) is 23.7 Å². The number of imide groups is 1. The van der Waals surface area contributed by atoms with Crippen LogP contribution in [-0.4, -0.2) is 52.8 Å². The van der Waals surface area contributed by atoms with Gasteiger partial charge >= 0.3 is 5.97 Å². The van der Waals surface area contributed by atoms with Crippen LogP contribution >= 0.6 is 0 Å². The number of rotatable bonds is 7. The number of Topliss-reactive ketones (excluding diaryl/α,β-unsaturated/α-hetero) is 1. The molecule has 2 fully saturated rings. The number of esters is 1. The molecule has 0 radical (unpaired) electrons. The fourth-order valence-electron chi connectivity index (χ4n) is 4.36. The first-order valence-corrected chi connectivity index (χ1v) is 9.93. The number of hydrogen-bond donors (Lipinski definition) is 1. The standard InChI is InChI=1S/C20H31NO6/c1-4-27-19(25)5-6-21-17(23)10-14(11-18(21)24)9-16(22)15-8-12(2)7-13(3)20(15)26/h12-16,22H,4-11H2,1-3H3/t12-,13-,15?,16?/m0/s1. The zero-order valence-corrected chi connectivity index (χ0v) is 16.5. The zero-order valence-electron chi connectivity index (χ0n) is 16.5. The highest BCUT2D eigenvalue weighted by molar-refractivity contribution is 5.98. The van der Waals surface area contributed by atoms with Crippen molar-refractivity contribution < 1.29 is 29.0 Å². The molecule has 7 heteroatoms. The Hall–Kier alpha value is -1.76. The van der Waals surface area contributed by atoms with Crippen LogP contribution in [-0.2, 0) is 23.9 Å². The Bertz CT molecular complexity index is 571. The molecule has 0 bridgehead atoms. The van der Waals surface area contributed by atoms with Gasteiger partial charge in [-0.15, -0.1) is 0 Å². The number of carbonyl (C=O) groups is 4. The quantitative estimate of drug-likeness (QED) is 0.532. The second kappa shape index (κ2) is 9.44. The average molecular weight is 381 g/mol. The summed E-state index contributed by atoms with van der Waals surface area (Å²) in [6.07, 6.45) is 1.25. The van der Waals surface area contributed by atoms with E-state index in [2.05, 4.69) is 6.92 Å². The maximum Gasteiger partial charge on any atom is 0.307 e. The van der Waals surface area contributed by atoms with E-state index in [4.69, 9.17) is 4.74 Å². The lowest BCUT2D eigenvalue weighted by Crippen LogP contribution is -2.46. The highest BCUT2D eigenvalue weighted by Crippen LogP contribution is 2.35. The minimum Gasteiger partial charge on any atom is -0.466 e. The van der Waals surface area contributed by atoms with Gasteiger partial charge in [-0.2, -0.15) is 0 Å². The van der Waals surface area contributed by atoms with E-state index in [-0.39, 0.29) is 68.3 Å². The fraction of sp³-hybridized carbons (Fsp3) is 0.800. The number of likely N-dealkylation sites (tertiary alicyclic amines) is 1. The molecule has 1 saturated carbocycles. The molecule has 0 spiro atoms. The van der Waals surface area contributed by atoms with Crippen molar-refractivity contribution in [1.29, 1.82) is 0 Å². The molecular weight excluding hydrogens is 350 g/mol. The van der Waals surface area contributed by atoms with Crippen LogP contribution in [0.5, 0.6) is 0 Å². The van der Waals surface area contributed by atoms with Crippen molar-refractivity contribution in [2.45, 2.75) is 65.4 Å². The summed E-state index contributed by atoms with van der Waals surface area (Å²) in [7, 11) is 0. The molecule has 0 aromatic carbocycles.